The molecule has 172 valence electrons. The molecular weight excluding hydrogens is 491 g/mol. The fraction of sp³-hybridized carbons (Fsp3) is 0.455. The van der Waals surface area contributed by atoms with Gasteiger partial charge < -0.3 is 14.6 Å². The van der Waals surface area contributed by atoms with Gasteiger partial charge in [-0.1, -0.05) is 46.7 Å². The van der Waals surface area contributed by atoms with Gasteiger partial charge in [-0.15, -0.1) is 4.72 Å². The highest BCUT2D eigenvalue weighted by atomic mass is 35.5. The lowest BCUT2D eigenvalue weighted by atomic mass is 9.84. The molecule has 2 unspecified atom stereocenters. The summed E-state index contributed by atoms with van der Waals surface area (Å²) in [7, 11) is 0. The molecule has 0 bridgehead atoms. The van der Waals surface area contributed by atoms with Crippen molar-refractivity contribution in [1.29, 1.82) is 0 Å². The standard InChI is InChI=1S/C22H24Cl2N2O4S2/c23-16-6-3-13(4-7-16)17-8-5-15(11-20(27)28)22(29)26(17)18(14-1-2-14)12-25-32(30)21-10-9-19(24)31-21/h3-4,6-7,9-10,14-15,17-18,25H,1-2,5,8,11-12H2,(H,27,28)/t15-,17+,18?,32?/m1/s1. The van der Waals surface area contributed by atoms with Gasteiger partial charge in [-0.2, -0.15) is 0 Å². The van der Waals surface area contributed by atoms with Crippen LogP contribution < -0.4 is 4.72 Å². The first-order chi connectivity index (χ1) is 15.3. The Morgan fingerprint density at radius 2 is 1.91 bits per heavy atom. The average molecular weight is 515 g/mol. The molecule has 1 aliphatic carbocycles. The molecule has 4 atom stereocenters. The molecule has 1 saturated heterocycles. The van der Waals surface area contributed by atoms with Gasteiger partial charge in [0.05, 0.1) is 40.7 Å². The normalized spacial score (nSPS) is 23.2. The molecule has 2 heterocycles. The van der Waals surface area contributed by atoms with Crippen LogP contribution in [0.5, 0.6) is 0 Å². The fourth-order valence-corrected chi connectivity index (χ4v) is 6.84. The Balaban J connectivity index is 1.58. The zero-order valence-electron chi connectivity index (χ0n) is 17.2. The minimum Gasteiger partial charge on any atom is -0.592 e. The third kappa shape index (κ3) is 5.61. The van der Waals surface area contributed by atoms with Gasteiger partial charge in [0, 0.05) is 17.0 Å². The number of carbonyl (C=O) groups is 2. The number of nitrogens with zero attached hydrogens (tertiary/aromatic N) is 1. The van der Waals surface area contributed by atoms with Gasteiger partial charge in [0.1, 0.15) is 0 Å². The maximum Gasteiger partial charge on any atom is 0.304 e. The Morgan fingerprint density at radius 1 is 1.19 bits per heavy atom. The number of hydrogen-bond acceptors (Lipinski definition) is 5. The molecule has 2 fully saturated rings. The Bertz CT molecular complexity index is 967. The van der Waals surface area contributed by atoms with Gasteiger partial charge in [0.2, 0.25) is 10.1 Å². The van der Waals surface area contributed by atoms with Crippen LogP contribution in [0, 0.1) is 11.8 Å². The van der Waals surface area contributed by atoms with E-state index in [0.717, 1.165) is 18.4 Å². The predicted molar refractivity (Wildman–Crippen MR) is 126 cm³/mol. The molecule has 1 saturated carbocycles. The minimum atomic E-state index is -1.43. The molecule has 4 rings (SSSR count). The third-order valence-corrected chi connectivity index (χ3v) is 8.99. The summed E-state index contributed by atoms with van der Waals surface area (Å²) in [5.41, 5.74) is 0.980. The highest BCUT2D eigenvalue weighted by Crippen LogP contribution is 2.44. The van der Waals surface area contributed by atoms with Crippen molar-refractivity contribution in [2.45, 2.75) is 48.4 Å². The minimum absolute atomic E-state index is 0.137. The van der Waals surface area contributed by atoms with Gasteiger partial charge in [-0.05, 0) is 55.4 Å². The quantitative estimate of drug-likeness (QED) is 0.464. The van der Waals surface area contributed by atoms with Crippen molar-refractivity contribution in [3.05, 3.63) is 51.3 Å². The first kappa shape index (κ1) is 23.9. The van der Waals surface area contributed by atoms with E-state index in [2.05, 4.69) is 4.72 Å². The maximum absolute atomic E-state index is 13.5. The lowest BCUT2D eigenvalue weighted by molar-refractivity contribution is -0.151. The highest BCUT2D eigenvalue weighted by Gasteiger charge is 2.46. The lowest BCUT2D eigenvalue weighted by Crippen LogP contribution is -2.54. The van der Waals surface area contributed by atoms with Crippen molar-refractivity contribution in [2.75, 3.05) is 6.54 Å². The van der Waals surface area contributed by atoms with Crippen LogP contribution in [0.15, 0.2) is 40.6 Å². The fourth-order valence-electron chi connectivity index (χ4n) is 4.40. The van der Waals surface area contributed by atoms with Crippen molar-refractivity contribution in [1.82, 2.24) is 9.62 Å². The largest absolute Gasteiger partial charge is 0.592 e. The predicted octanol–water partition coefficient (Wildman–Crippen LogP) is 4.90. The van der Waals surface area contributed by atoms with E-state index in [4.69, 9.17) is 23.2 Å². The summed E-state index contributed by atoms with van der Waals surface area (Å²) < 4.78 is 17.0. The first-order valence-corrected chi connectivity index (χ1v) is 13.3. The Labute approximate surface area is 204 Å². The Hall–Kier alpha value is -1.29. The van der Waals surface area contributed by atoms with Crippen molar-refractivity contribution in [3.8, 4) is 0 Å². The second kappa shape index (κ2) is 10.3. The number of thiophene rings is 1. The van der Waals surface area contributed by atoms with Crippen LogP contribution in [0.4, 0.5) is 0 Å². The van der Waals surface area contributed by atoms with Crippen LogP contribution in [0.2, 0.25) is 9.36 Å². The van der Waals surface area contributed by atoms with Crippen LogP contribution >= 0.6 is 34.5 Å². The van der Waals surface area contributed by atoms with E-state index in [1.807, 2.05) is 29.2 Å². The van der Waals surface area contributed by atoms with Gasteiger partial charge in [-0.25, -0.2) is 0 Å². The first-order valence-electron chi connectivity index (χ1n) is 10.5. The molecule has 6 nitrogen and oxygen atoms in total. The van der Waals surface area contributed by atoms with Crippen molar-refractivity contribution >= 4 is 57.8 Å². The number of rotatable bonds is 9. The number of carboxylic acids is 1. The number of likely N-dealkylation sites (tertiary alicyclic amines) is 1. The molecular formula is C22H24Cl2N2O4S2. The van der Waals surface area contributed by atoms with Crippen molar-refractivity contribution < 1.29 is 19.2 Å². The number of piperidine rings is 1. The van der Waals surface area contributed by atoms with Gasteiger partial charge in [0.15, 0.2) is 0 Å². The summed E-state index contributed by atoms with van der Waals surface area (Å²) in [6, 6.07) is 10.6. The molecule has 0 radical (unpaired) electrons. The van der Waals surface area contributed by atoms with E-state index in [-0.39, 0.29) is 24.4 Å². The number of hydrogen-bond donors (Lipinski definition) is 2. The molecule has 32 heavy (non-hydrogen) atoms. The van der Waals surface area contributed by atoms with Crippen molar-refractivity contribution in [2.24, 2.45) is 11.8 Å². The summed E-state index contributed by atoms with van der Waals surface area (Å²) >= 11 is 11.9. The average Bonchev–Trinajstić information content (AvgIpc) is 3.50. The van der Waals surface area contributed by atoms with Crippen LogP contribution in [-0.4, -0.2) is 39.0 Å². The molecule has 1 aromatic carbocycles. The van der Waals surface area contributed by atoms with Crippen LogP contribution in [0.1, 0.15) is 43.7 Å². The topological polar surface area (TPSA) is 92.7 Å². The number of halogens is 2. The van der Waals surface area contributed by atoms with E-state index >= 15 is 0 Å². The van der Waals surface area contributed by atoms with E-state index in [9.17, 15) is 19.2 Å². The van der Waals surface area contributed by atoms with Gasteiger partial charge in [0.25, 0.3) is 0 Å². The molecule has 2 aromatic rings. The number of nitrogens with one attached hydrogen (secondary N) is 1. The van der Waals surface area contributed by atoms with E-state index in [0.29, 0.717) is 38.9 Å². The van der Waals surface area contributed by atoms with E-state index < -0.39 is 23.2 Å². The van der Waals surface area contributed by atoms with E-state index in [1.165, 1.54) is 11.3 Å². The second-order valence-electron chi connectivity index (χ2n) is 8.27. The molecule has 2 N–H and O–H groups in total. The number of carboxylic acid groups (broad SMARTS) is 1. The Morgan fingerprint density at radius 3 is 2.50 bits per heavy atom. The summed E-state index contributed by atoms with van der Waals surface area (Å²) in [4.78, 5) is 26.7. The highest BCUT2D eigenvalue weighted by molar-refractivity contribution is 7.91. The molecule has 10 heteroatoms. The molecule has 1 amide bonds. The number of aliphatic carboxylic acids is 1. The maximum atomic E-state index is 13.5. The van der Waals surface area contributed by atoms with Crippen molar-refractivity contribution in [3.63, 3.8) is 0 Å². The number of carbonyl (C=O) groups excluding carboxylic acids is 1. The number of benzene rings is 1. The van der Waals surface area contributed by atoms with E-state index in [1.54, 1.807) is 12.1 Å². The van der Waals surface area contributed by atoms with Gasteiger partial charge in [-0.3, -0.25) is 9.59 Å². The van der Waals surface area contributed by atoms with Crippen LogP contribution in [0.3, 0.4) is 0 Å². The van der Waals surface area contributed by atoms with Crippen LogP contribution in [-0.2, 0) is 21.0 Å². The SMILES string of the molecule is O=C(O)C[C@H]1CC[C@@H](c2ccc(Cl)cc2)N(C(CN[S+]([O-])c2ccc(Cl)s2)C2CC2)C1=O. The molecule has 0 spiro atoms. The third-order valence-electron chi connectivity index (χ3n) is 6.08. The second-order valence-corrected chi connectivity index (χ2v) is 11.9. The number of amides is 1. The zero-order valence-corrected chi connectivity index (χ0v) is 20.4. The molecule has 1 aromatic heterocycles. The summed E-state index contributed by atoms with van der Waals surface area (Å²) in [5.74, 6) is -1.35. The summed E-state index contributed by atoms with van der Waals surface area (Å²) in [6.45, 7) is 0.364. The zero-order chi connectivity index (χ0) is 22.8. The van der Waals surface area contributed by atoms with Gasteiger partial charge >= 0.3 is 5.97 Å². The molecule has 1 aliphatic heterocycles. The molecule has 2 aliphatic rings. The van der Waals surface area contributed by atoms with Crippen LogP contribution in [0.25, 0.3) is 0 Å². The lowest BCUT2D eigenvalue weighted by Gasteiger charge is -2.44. The summed E-state index contributed by atoms with van der Waals surface area (Å²) in [6.07, 6.45) is 3.01. The Kier molecular flexibility index (Phi) is 7.69. The monoisotopic (exact) mass is 514 g/mol. The summed E-state index contributed by atoms with van der Waals surface area (Å²) in [5, 5.41) is 9.92. The smallest absolute Gasteiger partial charge is 0.304 e.